The van der Waals surface area contributed by atoms with Crippen molar-refractivity contribution in [3.63, 3.8) is 0 Å². The number of piperidine rings is 1. The Balaban J connectivity index is 2.09. The third-order valence-electron chi connectivity index (χ3n) is 4.19. The van der Waals surface area contributed by atoms with Gasteiger partial charge in [0.05, 0.1) is 6.04 Å². The van der Waals surface area contributed by atoms with Gasteiger partial charge < -0.3 is 10.8 Å². The van der Waals surface area contributed by atoms with Gasteiger partial charge in [0.15, 0.2) is 0 Å². The van der Waals surface area contributed by atoms with Gasteiger partial charge in [0, 0.05) is 24.1 Å². The Morgan fingerprint density at radius 1 is 1.58 bits per heavy atom. The summed E-state index contributed by atoms with van der Waals surface area (Å²) < 4.78 is 0. The zero-order valence-corrected chi connectivity index (χ0v) is 12.6. The molecule has 1 aliphatic rings. The molecule has 3 unspecified atom stereocenters. The van der Waals surface area contributed by atoms with Crippen LogP contribution in [0.25, 0.3) is 0 Å². The molecule has 0 aromatic carbocycles. The van der Waals surface area contributed by atoms with Crippen LogP contribution in [-0.2, 0) is 0 Å². The summed E-state index contributed by atoms with van der Waals surface area (Å²) >= 11 is 1.81. The first-order valence-corrected chi connectivity index (χ1v) is 8.28. The Morgan fingerprint density at radius 2 is 2.42 bits per heavy atom. The predicted octanol–water partition coefficient (Wildman–Crippen LogP) is 2.62. The van der Waals surface area contributed by atoms with Gasteiger partial charge in [-0.15, -0.1) is 11.3 Å². The summed E-state index contributed by atoms with van der Waals surface area (Å²) in [4.78, 5) is 3.93. The lowest BCUT2D eigenvalue weighted by molar-refractivity contribution is 0.0947. The fraction of sp³-hybridized carbons (Fsp3) is 0.733. The second-order valence-electron chi connectivity index (χ2n) is 5.55. The highest BCUT2D eigenvalue weighted by Crippen LogP contribution is 2.33. The number of hydrogen-bond donors (Lipinski definition) is 2. The highest BCUT2D eigenvalue weighted by atomic mass is 32.1. The lowest BCUT2D eigenvalue weighted by Crippen LogP contribution is -2.45. The fourth-order valence-corrected chi connectivity index (χ4v) is 4.05. The van der Waals surface area contributed by atoms with Crippen LogP contribution in [0.4, 0.5) is 0 Å². The number of rotatable bonds is 6. The minimum atomic E-state index is 0.200. The summed E-state index contributed by atoms with van der Waals surface area (Å²) in [6, 6.07) is 4.88. The molecule has 1 aromatic heterocycles. The molecule has 1 fully saturated rings. The number of thiophene rings is 1. The van der Waals surface area contributed by atoms with E-state index in [1.54, 1.807) is 0 Å². The second kappa shape index (κ2) is 7.39. The zero-order valence-electron chi connectivity index (χ0n) is 11.8. The number of nitrogens with two attached hydrogens (primary N) is 1. The molecule has 0 radical (unpaired) electrons. The van der Waals surface area contributed by atoms with Crippen LogP contribution in [0.1, 0.15) is 43.5 Å². The molecular formula is C15H26N2OS. The molecule has 1 aromatic rings. The van der Waals surface area contributed by atoms with Gasteiger partial charge in [0.1, 0.15) is 0 Å². The molecule has 0 bridgehead atoms. The van der Waals surface area contributed by atoms with E-state index in [1.165, 1.54) is 17.7 Å². The lowest BCUT2D eigenvalue weighted by Gasteiger charge is -2.40. The molecular weight excluding hydrogens is 256 g/mol. The van der Waals surface area contributed by atoms with Crippen molar-refractivity contribution in [2.75, 3.05) is 19.7 Å². The molecule has 3 nitrogen and oxygen atoms in total. The number of nitrogens with zero attached hydrogens (tertiary/aromatic N) is 1. The van der Waals surface area contributed by atoms with Crippen molar-refractivity contribution < 1.29 is 5.11 Å². The lowest BCUT2D eigenvalue weighted by atomic mass is 9.92. The van der Waals surface area contributed by atoms with Crippen molar-refractivity contribution in [2.45, 2.75) is 44.7 Å². The molecule has 3 N–H and O–H groups in total. The van der Waals surface area contributed by atoms with Gasteiger partial charge in [-0.25, -0.2) is 0 Å². The van der Waals surface area contributed by atoms with Crippen molar-refractivity contribution in [2.24, 2.45) is 11.7 Å². The summed E-state index contributed by atoms with van der Waals surface area (Å²) in [5.41, 5.74) is 6.37. The first-order chi connectivity index (χ1) is 9.26. The number of hydrogen-bond acceptors (Lipinski definition) is 4. The highest BCUT2D eigenvalue weighted by molar-refractivity contribution is 7.10. The normalized spacial score (nSPS) is 24.3. The SMILES string of the molecule is CCC(N)C(c1cccs1)N1CCCC(CCO)C1. The Hall–Kier alpha value is -0.420. The van der Waals surface area contributed by atoms with Crippen LogP contribution in [0.5, 0.6) is 0 Å². The predicted molar refractivity (Wildman–Crippen MR) is 81.3 cm³/mol. The van der Waals surface area contributed by atoms with E-state index in [4.69, 9.17) is 10.8 Å². The first kappa shape index (κ1) is 15.0. The summed E-state index contributed by atoms with van der Waals surface area (Å²) in [5.74, 6) is 0.630. The Morgan fingerprint density at radius 3 is 3.05 bits per heavy atom. The van der Waals surface area contributed by atoms with E-state index in [1.807, 2.05) is 11.3 Å². The smallest absolute Gasteiger partial charge is 0.0593 e. The summed E-state index contributed by atoms with van der Waals surface area (Å²) in [6.45, 7) is 4.69. The van der Waals surface area contributed by atoms with Crippen LogP contribution in [0.3, 0.4) is 0 Å². The van der Waals surface area contributed by atoms with Gasteiger partial charge in [-0.1, -0.05) is 13.0 Å². The molecule has 0 saturated carbocycles. The van der Waals surface area contributed by atoms with Crippen molar-refractivity contribution in [3.05, 3.63) is 22.4 Å². The van der Waals surface area contributed by atoms with Gasteiger partial charge in [0.2, 0.25) is 0 Å². The van der Waals surface area contributed by atoms with Crippen molar-refractivity contribution in [1.29, 1.82) is 0 Å². The average molecular weight is 282 g/mol. The zero-order chi connectivity index (χ0) is 13.7. The van der Waals surface area contributed by atoms with E-state index in [2.05, 4.69) is 29.3 Å². The average Bonchev–Trinajstić information content (AvgIpc) is 2.93. The van der Waals surface area contributed by atoms with E-state index in [0.29, 0.717) is 18.6 Å². The molecule has 2 rings (SSSR count). The highest BCUT2D eigenvalue weighted by Gasteiger charge is 2.30. The molecule has 0 spiro atoms. The maximum atomic E-state index is 9.14. The van der Waals surface area contributed by atoms with E-state index < -0.39 is 0 Å². The van der Waals surface area contributed by atoms with Crippen LogP contribution in [-0.4, -0.2) is 35.7 Å². The molecule has 0 amide bonds. The van der Waals surface area contributed by atoms with Crippen molar-refractivity contribution in [1.82, 2.24) is 4.90 Å². The number of aliphatic hydroxyl groups is 1. The van der Waals surface area contributed by atoms with Gasteiger partial charge in [-0.05, 0) is 49.6 Å². The third kappa shape index (κ3) is 3.78. The molecule has 0 aliphatic carbocycles. The van der Waals surface area contributed by atoms with Gasteiger partial charge in [-0.3, -0.25) is 4.90 Å². The molecule has 1 saturated heterocycles. The molecule has 1 aliphatic heterocycles. The largest absolute Gasteiger partial charge is 0.396 e. The summed E-state index contributed by atoms with van der Waals surface area (Å²) in [6.07, 6.45) is 4.40. The van der Waals surface area contributed by atoms with Crippen molar-refractivity contribution in [3.8, 4) is 0 Å². The maximum Gasteiger partial charge on any atom is 0.0593 e. The van der Waals surface area contributed by atoms with E-state index in [-0.39, 0.29) is 6.04 Å². The standard InChI is InChI=1S/C15H26N2OS/c1-2-13(16)15(14-6-4-10-19-14)17-8-3-5-12(11-17)7-9-18/h4,6,10,12-13,15,18H,2-3,5,7-9,11,16H2,1H3. The molecule has 4 heteroatoms. The molecule has 19 heavy (non-hydrogen) atoms. The third-order valence-corrected chi connectivity index (χ3v) is 5.14. The van der Waals surface area contributed by atoms with Crippen LogP contribution < -0.4 is 5.73 Å². The van der Waals surface area contributed by atoms with E-state index >= 15 is 0 Å². The van der Waals surface area contributed by atoms with Crippen LogP contribution in [0.15, 0.2) is 17.5 Å². The van der Waals surface area contributed by atoms with Gasteiger partial charge >= 0.3 is 0 Å². The van der Waals surface area contributed by atoms with E-state index in [0.717, 1.165) is 25.9 Å². The van der Waals surface area contributed by atoms with Crippen LogP contribution in [0.2, 0.25) is 0 Å². The number of likely N-dealkylation sites (tertiary alicyclic amines) is 1. The van der Waals surface area contributed by atoms with Gasteiger partial charge in [-0.2, -0.15) is 0 Å². The Bertz CT molecular complexity index is 353. The van der Waals surface area contributed by atoms with Crippen molar-refractivity contribution >= 4 is 11.3 Å². The topological polar surface area (TPSA) is 49.5 Å². The van der Waals surface area contributed by atoms with Crippen LogP contribution in [0, 0.1) is 5.92 Å². The first-order valence-electron chi connectivity index (χ1n) is 7.40. The quantitative estimate of drug-likeness (QED) is 0.843. The maximum absolute atomic E-state index is 9.14. The minimum absolute atomic E-state index is 0.200. The number of aliphatic hydroxyl groups excluding tert-OH is 1. The van der Waals surface area contributed by atoms with E-state index in [9.17, 15) is 0 Å². The molecule has 3 atom stereocenters. The summed E-state index contributed by atoms with van der Waals surface area (Å²) in [5, 5.41) is 11.3. The molecule has 2 heterocycles. The second-order valence-corrected chi connectivity index (χ2v) is 6.53. The Kier molecular flexibility index (Phi) is 5.82. The Labute approximate surface area is 120 Å². The molecule has 108 valence electrons. The van der Waals surface area contributed by atoms with Gasteiger partial charge in [0.25, 0.3) is 0 Å². The fourth-order valence-electron chi connectivity index (χ4n) is 3.11. The van der Waals surface area contributed by atoms with Crippen LogP contribution >= 0.6 is 11.3 Å². The minimum Gasteiger partial charge on any atom is -0.396 e. The summed E-state index contributed by atoms with van der Waals surface area (Å²) in [7, 11) is 0. The monoisotopic (exact) mass is 282 g/mol.